The molecule has 0 saturated carbocycles. The lowest BCUT2D eigenvalue weighted by atomic mass is 9.90. The molecule has 4 aromatic rings. The van der Waals surface area contributed by atoms with Crippen molar-refractivity contribution in [3.8, 4) is 11.1 Å². The fourth-order valence-electron chi connectivity index (χ4n) is 4.30. The van der Waals surface area contributed by atoms with E-state index in [0.29, 0.717) is 11.9 Å². The van der Waals surface area contributed by atoms with Crippen LogP contribution in [0.3, 0.4) is 0 Å². The van der Waals surface area contributed by atoms with Gasteiger partial charge in [-0.05, 0) is 47.5 Å². The largest absolute Gasteiger partial charge is 0.475 e. The summed E-state index contributed by atoms with van der Waals surface area (Å²) >= 11 is 1.91. The SMILES string of the molecule is CC(C)Sc1ccc2ccccc2c1-c1c(C2=NC(C)(C)CO2)ccc2ccccc12. The third-order valence-corrected chi connectivity index (χ3v) is 6.69. The number of hydrogen-bond acceptors (Lipinski definition) is 3. The molecule has 0 aliphatic carbocycles. The predicted molar refractivity (Wildman–Crippen MR) is 134 cm³/mol. The second-order valence-electron chi connectivity index (χ2n) is 9.05. The summed E-state index contributed by atoms with van der Waals surface area (Å²) in [5.74, 6) is 0.749. The molecule has 0 N–H and O–H groups in total. The van der Waals surface area contributed by atoms with Crippen LogP contribution < -0.4 is 0 Å². The van der Waals surface area contributed by atoms with E-state index in [-0.39, 0.29) is 5.54 Å². The van der Waals surface area contributed by atoms with E-state index in [2.05, 4.69) is 100 Å². The average Bonchev–Trinajstić information content (AvgIpc) is 3.12. The van der Waals surface area contributed by atoms with Crippen molar-refractivity contribution in [3.63, 3.8) is 0 Å². The first-order chi connectivity index (χ1) is 14.9. The molecule has 1 heterocycles. The van der Waals surface area contributed by atoms with E-state index in [4.69, 9.17) is 9.73 Å². The summed E-state index contributed by atoms with van der Waals surface area (Å²) in [4.78, 5) is 6.24. The van der Waals surface area contributed by atoms with Crippen LogP contribution in [0.5, 0.6) is 0 Å². The third kappa shape index (κ3) is 3.72. The summed E-state index contributed by atoms with van der Waals surface area (Å²) in [7, 11) is 0. The maximum Gasteiger partial charge on any atom is 0.217 e. The molecule has 4 aromatic carbocycles. The molecule has 2 nitrogen and oxygen atoms in total. The molecule has 156 valence electrons. The van der Waals surface area contributed by atoms with Gasteiger partial charge in [0.05, 0.1) is 5.54 Å². The summed E-state index contributed by atoms with van der Waals surface area (Å²) < 4.78 is 6.14. The molecular weight excluding hydrogens is 398 g/mol. The molecule has 1 aliphatic heterocycles. The Hall–Kier alpha value is -2.78. The van der Waals surface area contributed by atoms with Crippen molar-refractivity contribution in [2.45, 2.75) is 43.4 Å². The van der Waals surface area contributed by atoms with Crippen molar-refractivity contribution < 1.29 is 4.74 Å². The maximum atomic E-state index is 6.14. The van der Waals surface area contributed by atoms with Crippen LogP contribution in [-0.4, -0.2) is 23.3 Å². The number of rotatable bonds is 4. The van der Waals surface area contributed by atoms with E-state index < -0.39 is 0 Å². The van der Waals surface area contributed by atoms with Crippen LogP contribution in [0.2, 0.25) is 0 Å². The van der Waals surface area contributed by atoms with Crippen LogP contribution in [0, 0.1) is 0 Å². The van der Waals surface area contributed by atoms with E-state index in [0.717, 1.165) is 11.5 Å². The molecule has 0 spiro atoms. The van der Waals surface area contributed by atoms with Gasteiger partial charge < -0.3 is 4.74 Å². The minimum atomic E-state index is -0.202. The van der Waals surface area contributed by atoms with E-state index in [1.807, 2.05) is 11.8 Å². The fraction of sp³-hybridized carbons (Fsp3) is 0.250. The van der Waals surface area contributed by atoms with Gasteiger partial charge in [0.1, 0.15) is 6.61 Å². The molecule has 0 radical (unpaired) electrons. The molecular formula is C28H27NOS. The molecule has 0 aromatic heterocycles. The smallest absolute Gasteiger partial charge is 0.217 e. The number of hydrogen-bond donors (Lipinski definition) is 0. The number of aliphatic imine (C=N–C) groups is 1. The summed E-state index contributed by atoms with van der Waals surface area (Å²) in [6.07, 6.45) is 0. The zero-order valence-corrected chi connectivity index (χ0v) is 19.3. The molecule has 0 saturated heterocycles. The zero-order valence-electron chi connectivity index (χ0n) is 18.5. The summed E-state index contributed by atoms with van der Waals surface area (Å²) in [6.45, 7) is 9.36. The lowest BCUT2D eigenvalue weighted by Crippen LogP contribution is -2.17. The highest BCUT2D eigenvalue weighted by Crippen LogP contribution is 2.44. The minimum absolute atomic E-state index is 0.202. The summed E-state index contributed by atoms with van der Waals surface area (Å²) in [6, 6.07) is 26.2. The standard InChI is InChI=1S/C28H27NOS/c1-18(2)31-24-16-14-20-10-6-8-12-22(20)26(24)25-21-11-7-5-9-19(21)13-15-23(25)27-29-28(3,4)17-30-27/h5-16,18H,17H2,1-4H3. The van der Waals surface area contributed by atoms with E-state index in [9.17, 15) is 0 Å². The zero-order chi connectivity index (χ0) is 21.6. The van der Waals surface area contributed by atoms with E-state index in [1.54, 1.807) is 0 Å². The molecule has 31 heavy (non-hydrogen) atoms. The van der Waals surface area contributed by atoms with Crippen LogP contribution in [0.25, 0.3) is 32.7 Å². The van der Waals surface area contributed by atoms with Crippen LogP contribution in [0.4, 0.5) is 0 Å². The Balaban J connectivity index is 1.91. The van der Waals surface area contributed by atoms with E-state index in [1.165, 1.54) is 37.6 Å². The van der Waals surface area contributed by atoms with Gasteiger partial charge in [-0.1, -0.05) is 74.5 Å². The van der Waals surface area contributed by atoms with Gasteiger partial charge in [0.25, 0.3) is 0 Å². The van der Waals surface area contributed by atoms with Crippen molar-refractivity contribution in [1.29, 1.82) is 0 Å². The molecule has 5 rings (SSSR count). The van der Waals surface area contributed by atoms with Gasteiger partial charge in [-0.2, -0.15) is 0 Å². The highest BCUT2D eigenvalue weighted by atomic mass is 32.2. The van der Waals surface area contributed by atoms with Gasteiger partial charge in [0, 0.05) is 26.8 Å². The maximum absolute atomic E-state index is 6.14. The topological polar surface area (TPSA) is 21.6 Å². The Morgan fingerprint density at radius 3 is 2.03 bits per heavy atom. The Labute approximate surface area is 188 Å². The van der Waals surface area contributed by atoms with Crippen molar-refractivity contribution in [2.24, 2.45) is 4.99 Å². The first-order valence-electron chi connectivity index (χ1n) is 10.9. The Bertz CT molecular complexity index is 1320. The summed E-state index contributed by atoms with van der Waals surface area (Å²) in [5, 5.41) is 5.46. The Morgan fingerprint density at radius 2 is 1.42 bits per heavy atom. The molecule has 0 bridgehead atoms. The molecule has 0 atom stereocenters. The first kappa shape index (κ1) is 20.1. The normalized spacial score (nSPS) is 15.5. The van der Waals surface area contributed by atoms with Crippen molar-refractivity contribution >= 4 is 39.2 Å². The van der Waals surface area contributed by atoms with Crippen molar-refractivity contribution in [3.05, 3.63) is 78.4 Å². The van der Waals surface area contributed by atoms with Crippen LogP contribution in [0.1, 0.15) is 33.3 Å². The number of benzene rings is 4. The summed E-state index contributed by atoms with van der Waals surface area (Å²) in [5.41, 5.74) is 3.37. The van der Waals surface area contributed by atoms with Crippen molar-refractivity contribution in [1.82, 2.24) is 0 Å². The molecule has 0 unspecified atom stereocenters. The van der Waals surface area contributed by atoms with Gasteiger partial charge in [-0.25, -0.2) is 4.99 Å². The van der Waals surface area contributed by atoms with Crippen LogP contribution >= 0.6 is 11.8 Å². The highest BCUT2D eigenvalue weighted by Gasteiger charge is 2.30. The fourth-order valence-corrected chi connectivity index (χ4v) is 5.29. The predicted octanol–water partition coefficient (Wildman–Crippen LogP) is 7.72. The van der Waals surface area contributed by atoms with Gasteiger partial charge >= 0.3 is 0 Å². The van der Waals surface area contributed by atoms with Gasteiger partial charge in [-0.3, -0.25) is 0 Å². The second-order valence-corrected chi connectivity index (χ2v) is 10.7. The average molecular weight is 426 g/mol. The molecule has 3 heteroatoms. The van der Waals surface area contributed by atoms with Gasteiger partial charge in [-0.15, -0.1) is 11.8 Å². The van der Waals surface area contributed by atoms with Crippen molar-refractivity contribution in [2.75, 3.05) is 6.61 Å². The third-order valence-electron chi connectivity index (χ3n) is 5.63. The Kier molecular flexibility index (Phi) is 5.02. The molecule has 0 amide bonds. The Morgan fingerprint density at radius 1 is 0.806 bits per heavy atom. The monoisotopic (exact) mass is 425 g/mol. The second kappa shape index (κ2) is 7.72. The van der Waals surface area contributed by atoms with Crippen LogP contribution in [-0.2, 0) is 4.74 Å². The number of nitrogens with zero attached hydrogens (tertiary/aromatic N) is 1. The minimum Gasteiger partial charge on any atom is -0.475 e. The number of ether oxygens (including phenoxy) is 1. The first-order valence-corrected chi connectivity index (χ1v) is 11.7. The van der Waals surface area contributed by atoms with Crippen LogP contribution in [0.15, 0.2) is 82.7 Å². The number of fused-ring (bicyclic) bond motifs is 2. The number of thioether (sulfide) groups is 1. The van der Waals surface area contributed by atoms with Gasteiger partial charge in [0.2, 0.25) is 5.90 Å². The molecule has 1 aliphatic rings. The lowest BCUT2D eigenvalue weighted by Gasteiger charge is -2.19. The van der Waals surface area contributed by atoms with E-state index >= 15 is 0 Å². The highest BCUT2D eigenvalue weighted by molar-refractivity contribution is 8.00. The lowest BCUT2D eigenvalue weighted by molar-refractivity contribution is 0.279. The molecule has 0 fully saturated rings. The quantitative estimate of drug-likeness (QED) is 0.312. The van der Waals surface area contributed by atoms with Gasteiger partial charge in [0.15, 0.2) is 0 Å².